The van der Waals surface area contributed by atoms with Crippen molar-refractivity contribution < 1.29 is 19.1 Å². The molecular weight excluding hydrogens is 308 g/mol. The average molecular weight is 326 g/mol. The van der Waals surface area contributed by atoms with E-state index in [1.807, 2.05) is 26.0 Å². The number of ether oxygens (including phenoxy) is 2. The summed E-state index contributed by atoms with van der Waals surface area (Å²) >= 11 is 0. The number of amides is 2. The number of benzene rings is 2. The van der Waals surface area contributed by atoms with Gasteiger partial charge in [0, 0.05) is 17.4 Å². The van der Waals surface area contributed by atoms with Gasteiger partial charge in [-0.1, -0.05) is 12.1 Å². The maximum absolute atomic E-state index is 12.1. The van der Waals surface area contributed by atoms with Crippen LogP contribution >= 0.6 is 0 Å². The summed E-state index contributed by atoms with van der Waals surface area (Å²) in [6, 6.07) is 10.5. The summed E-state index contributed by atoms with van der Waals surface area (Å²) in [4.78, 5) is 24.2. The van der Waals surface area contributed by atoms with Crippen LogP contribution in [0.1, 0.15) is 11.1 Å². The highest BCUT2D eigenvalue weighted by Gasteiger charge is 2.17. The monoisotopic (exact) mass is 326 g/mol. The van der Waals surface area contributed by atoms with Crippen LogP contribution in [0.25, 0.3) is 0 Å². The highest BCUT2D eigenvalue weighted by molar-refractivity contribution is 6.43. The van der Waals surface area contributed by atoms with Crippen molar-refractivity contribution in [1.82, 2.24) is 0 Å². The van der Waals surface area contributed by atoms with Crippen molar-refractivity contribution >= 4 is 23.2 Å². The molecule has 0 spiro atoms. The summed E-state index contributed by atoms with van der Waals surface area (Å²) in [7, 11) is 0. The molecule has 2 aromatic rings. The van der Waals surface area contributed by atoms with Crippen molar-refractivity contribution in [1.29, 1.82) is 0 Å². The number of rotatable bonds is 2. The Hall–Kier alpha value is -3.02. The van der Waals surface area contributed by atoms with E-state index < -0.39 is 11.8 Å². The number of fused-ring (bicyclic) bond motifs is 1. The van der Waals surface area contributed by atoms with Gasteiger partial charge in [-0.2, -0.15) is 0 Å². The number of hydrogen-bond donors (Lipinski definition) is 2. The summed E-state index contributed by atoms with van der Waals surface area (Å²) < 4.78 is 10.9. The quantitative estimate of drug-likeness (QED) is 0.832. The third kappa shape index (κ3) is 3.32. The third-order valence-corrected chi connectivity index (χ3v) is 3.86. The van der Waals surface area contributed by atoms with Crippen molar-refractivity contribution in [3.63, 3.8) is 0 Å². The molecule has 0 radical (unpaired) electrons. The number of carbonyl (C=O) groups is 2. The standard InChI is InChI=1S/C18H18N2O4/c1-11-4-3-5-14(12(11)2)20-18(22)17(21)19-13-6-7-15-16(10-13)24-9-8-23-15/h3-7,10H,8-9H2,1-2H3,(H,19,21)(H,20,22). The van der Waals surface area contributed by atoms with E-state index >= 15 is 0 Å². The van der Waals surface area contributed by atoms with Gasteiger partial charge in [-0.05, 0) is 43.2 Å². The van der Waals surface area contributed by atoms with Crippen LogP contribution in [-0.4, -0.2) is 25.0 Å². The van der Waals surface area contributed by atoms with Crippen LogP contribution in [-0.2, 0) is 9.59 Å². The maximum Gasteiger partial charge on any atom is 0.314 e. The molecule has 6 heteroatoms. The number of nitrogens with one attached hydrogen (secondary N) is 2. The summed E-state index contributed by atoms with van der Waals surface area (Å²) in [5.74, 6) is -0.292. The Morgan fingerprint density at radius 1 is 0.917 bits per heavy atom. The Kier molecular flexibility index (Phi) is 4.37. The Morgan fingerprint density at radius 2 is 1.62 bits per heavy atom. The summed E-state index contributed by atoms with van der Waals surface area (Å²) in [6.45, 7) is 4.79. The number of aryl methyl sites for hydroxylation is 1. The predicted molar refractivity (Wildman–Crippen MR) is 90.6 cm³/mol. The zero-order valence-corrected chi connectivity index (χ0v) is 13.5. The summed E-state index contributed by atoms with van der Waals surface area (Å²) in [5, 5.41) is 5.19. The van der Waals surface area contributed by atoms with Crippen LogP contribution in [0.5, 0.6) is 11.5 Å². The van der Waals surface area contributed by atoms with E-state index in [1.54, 1.807) is 24.3 Å². The zero-order valence-electron chi connectivity index (χ0n) is 13.5. The topological polar surface area (TPSA) is 76.7 Å². The van der Waals surface area contributed by atoms with Crippen molar-refractivity contribution in [2.45, 2.75) is 13.8 Å². The van der Waals surface area contributed by atoms with Gasteiger partial charge in [0.1, 0.15) is 13.2 Å². The molecule has 0 aromatic heterocycles. The second-order valence-corrected chi connectivity index (χ2v) is 5.51. The minimum absolute atomic E-state index is 0.456. The Balaban J connectivity index is 1.68. The van der Waals surface area contributed by atoms with Crippen LogP contribution < -0.4 is 20.1 Å². The third-order valence-electron chi connectivity index (χ3n) is 3.86. The molecule has 0 unspecified atom stereocenters. The molecule has 0 aliphatic carbocycles. The molecule has 1 heterocycles. The van der Waals surface area contributed by atoms with Crippen molar-refractivity contribution in [2.24, 2.45) is 0 Å². The minimum Gasteiger partial charge on any atom is -0.486 e. The molecular formula is C18H18N2O4. The van der Waals surface area contributed by atoms with Gasteiger partial charge in [0.05, 0.1) is 0 Å². The Morgan fingerprint density at radius 3 is 2.42 bits per heavy atom. The van der Waals surface area contributed by atoms with Gasteiger partial charge < -0.3 is 20.1 Å². The van der Waals surface area contributed by atoms with E-state index in [2.05, 4.69) is 10.6 Å². The fourth-order valence-corrected chi connectivity index (χ4v) is 2.37. The first-order valence-electron chi connectivity index (χ1n) is 7.63. The molecule has 0 fully saturated rings. The van der Waals surface area contributed by atoms with Gasteiger partial charge in [-0.3, -0.25) is 9.59 Å². The SMILES string of the molecule is Cc1cccc(NC(=O)C(=O)Nc2ccc3c(c2)OCCO3)c1C. The molecule has 2 amide bonds. The molecule has 0 saturated carbocycles. The maximum atomic E-state index is 12.1. The lowest BCUT2D eigenvalue weighted by Crippen LogP contribution is -2.29. The molecule has 24 heavy (non-hydrogen) atoms. The van der Waals surface area contributed by atoms with Crippen molar-refractivity contribution in [3.05, 3.63) is 47.5 Å². The fraction of sp³-hybridized carbons (Fsp3) is 0.222. The van der Waals surface area contributed by atoms with Crippen LogP contribution in [0.2, 0.25) is 0 Å². The first kappa shape index (κ1) is 15.9. The smallest absolute Gasteiger partial charge is 0.314 e. The summed E-state index contributed by atoms with van der Waals surface area (Å²) in [5.41, 5.74) is 3.07. The van der Waals surface area contributed by atoms with Crippen molar-refractivity contribution in [2.75, 3.05) is 23.8 Å². The molecule has 1 aliphatic rings. The summed E-state index contributed by atoms with van der Waals surface area (Å²) in [6.07, 6.45) is 0. The van der Waals surface area contributed by atoms with Gasteiger partial charge >= 0.3 is 11.8 Å². The van der Waals surface area contributed by atoms with E-state index in [1.165, 1.54) is 0 Å². The lowest BCUT2D eigenvalue weighted by Gasteiger charge is -2.19. The van der Waals surface area contributed by atoms with E-state index in [-0.39, 0.29) is 0 Å². The van der Waals surface area contributed by atoms with Gasteiger partial charge in [-0.25, -0.2) is 0 Å². The number of carbonyl (C=O) groups excluding carboxylic acids is 2. The molecule has 1 aliphatic heterocycles. The van der Waals surface area contributed by atoms with Crippen LogP contribution in [0.15, 0.2) is 36.4 Å². The van der Waals surface area contributed by atoms with E-state index in [0.717, 1.165) is 11.1 Å². The first-order valence-corrected chi connectivity index (χ1v) is 7.63. The molecule has 124 valence electrons. The fourth-order valence-electron chi connectivity index (χ4n) is 2.37. The highest BCUT2D eigenvalue weighted by atomic mass is 16.6. The molecule has 0 atom stereocenters. The van der Waals surface area contributed by atoms with Gasteiger partial charge in [-0.15, -0.1) is 0 Å². The molecule has 2 N–H and O–H groups in total. The first-order chi connectivity index (χ1) is 11.5. The van der Waals surface area contributed by atoms with Gasteiger partial charge in [0.15, 0.2) is 11.5 Å². The van der Waals surface area contributed by atoms with Crippen LogP contribution in [0.4, 0.5) is 11.4 Å². The van der Waals surface area contributed by atoms with Crippen LogP contribution in [0.3, 0.4) is 0 Å². The molecule has 6 nitrogen and oxygen atoms in total. The minimum atomic E-state index is -0.743. The van der Waals surface area contributed by atoms with E-state index in [9.17, 15) is 9.59 Å². The molecule has 0 bridgehead atoms. The number of anilines is 2. The van der Waals surface area contributed by atoms with E-state index in [0.29, 0.717) is 36.1 Å². The van der Waals surface area contributed by atoms with Gasteiger partial charge in [0.2, 0.25) is 0 Å². The lowest BCUT2D eigenvalue weighted by molar-refractivity contribution is -0.133. The highest BCUT2D eigenvalue weighted by Crippen LogP contribution is 2.32. The molecule has 0 saturated heterocycles. The Bertz CT molecular complexity index is 802. The largest absolute Gasteiger partial charge is 0.486 e. The zero-order chi connectivity index (χ0) is 17.1. The Labute approximate surface area is 139 Å². The second kappa shape index (κ2) is 6.62. The van der Waals surface area contributed by atoms with E-state index in [4.69, 9.17) is 9.47 Å². The lowest BCUT2D eigenvalue weighted by atomic mass is 10.1. The second-order valence-electron chi connectivity index (χ2n) is 5.51. The van der Waals surface area contributed by atoms with Crippen LogP contribution in [0, 0.1) is 13.8 Å². The average Bonchev–Trinajstić information content (AvgIpc) is 2.58. The number of hydrogen-bond acceptors (Lipinski definition) is 4. The normalized spacial score (nSPS) is 12.4. The predicted octanol–water partition coefficient (Wildman–Crippen LogP) is 2.65. The van der Waals surface area contributed by atoms with Crippen molar-refractivity contribution in [3.8, 4) is 11.5 Å². The molecule has 3 rings (SSSR count). The van der Waals surface area contributed by atoms with Gasteiger partial charge in [0.25, 0.3) is 0 Å². The molecule has 2 aromatic carbocycles.